The van der Waals surface area contributed by atoms with Crippen LogP contribution in [0.15, 0.2) is 69.1 Å². The van der Waals surface area contributed by atoms with Crippen LogP contribution < -0.4 is 0 Å². The van der Waals surface area contributed by atoms with E-state index in [4.69, 9.17) is 4.84 Å². The Bertz CT molecular complexity index is 1040. The van der Waals surface area contributed by atoms with E-state index in [1.807, 2.05) is 24.3 Å². The van der Waals surface area contributed by atoms with Gasteiger partial charge in [-0.2, -0.15) is 0 Å². The van der Waals surface area contributed by atoms with Crippen LogP contribution in [0.5, 0.6) is 0 Å². The fourth-order valence-corrected chi connectivity index (χ4v) is 6.24. The molecule has 0 spiro atoms. The predicted molar refractivity (Wildman–Crippen MR) is 102 cm³/mol. The standard InChI is InChI=1S/C19H16BrNO5S/c20-13-6-4-5-12(9-13)17-15-10-19(18(22)23,11-16(15)26-21-17)27(24,25)14-7-2-1-3-8-14/h1-9,15-16H,10-11H2,(H,22,23)/t15-,16+,19-/m1/s1. The van der Waals surface area contributed by atoms with Crippen LogP contribution in [0.25, 0.3) is 0 Å². The molecule has 0 unspecified atom stereocenters. The molecular weight excluding hydrogens is 434 g/mol. The maximum Gasteiger partial charge on any atom is 0.325 e. The van der Waals surface area contributed by atoms with Gasteiger partial charge in [-0.1, -0.05) is 51.4 Å². The second-order valence-corrected chi connectivity index (χ2v) is 9.94. The van der Waals surface area contributed by atoms with Gasteiger partial charge in [-0.15, -0.1) is 0 Å². The van der Waals surface area contributed by atoms with E-state index in [0.717, 1.165) is 10.0 Å². The van der Waals surface area contributed by atoms with Crippen molar-refractivity contribution in [2.24, 2.45) is 11.1 Å². The Morgan fingerprint density at radius 2 is 1.89 bits per heavy atom. The molecule has 1 aliphatic carbocycles. The van der Waals surface area contributed by atoms with Crippen LogP contribution in [-0.4, -0.2) is 36.1 Å². The van der Waals surface area contributed by atoms with E-state index in [-0.39, 0.29) is 17.7 Å². The van der Waals surface area contributed by atoms with Gasteiger partial charge in [0.05, 0.1) is 10.6 Å². The van der Waals surface area contributed by atoms with E-state index in [9.17, 15) is 18.3 Å². The summed E-state index contributed by atoms with van der Waals surface area (Å²) in [6, 6.07) is 15.1. The summed E-state index contributed by atoms with van der Waals surface area (Å²) in [4.78, 5) is 17.7. The lowest BCUT2D eigenvalue weighted by Gasteiger charge is -2.25. The van der Waals surface area contributed by atoms with Crippen molar-refractivity contribution in [1.29, 1.82) is 0 Å². The Hall–Kier alpha value is -2.19. The van der Waals surface area contributed by atoms with E-state index >= 15 is 0 Å². The first-order chi connectivity index (χ1) is 12.8. The number of carboxylic acids is 1. The summed E-state index contributed by atoms with van der Waals surface area (Å²) in [6.07, 6.45) is -0.783. The largest absolute Gasteiger partial charge is 0.480 e. The third-order valence-electron chi connectivity index (χ3n) is 5.25. The van der Waals surface area contributed by atoms with E-state index in [1.54, 1.807) is 18.2 Å². The highest BCUT2D eigenvalue weighted by Gasteiger charge is 2.63. The molecule has 3 atom stereocenters. The van der Waals surface area contributed by atoms with Crippen molar-refractivity contribution >= 4 is 37.4 Å². The molecule has 1 fully saturated rings. The summed E-state index contributed by atoms with van der Waals surface area (Å²) in [5.74, 6) is -1.74. The molecule has 1 saturated carbocycles. The van der Waals surface area contributed by atoms with Gasteiger partial charge in [0, 0.05) is 22.4 Å². The Balaban J connectivity index is 1.75. The van der Waals surface area contributed by atoms with Gasteiger partial charge < -0.3 is 9.94 Å². The lowest BCUT2D eigenvalue weighted by Crippen LogP contribution is -2.45. The molecule has 8 heteroatoms. The number of benzene rings is 2. The van der Waals surface area contributed by atoms with Crippen molar-refractivity contribution in [1.82, 2.24) is 0 Å². The first kappa shape index (κ1) is 18.2. The number of hydrogen-bond donors (Lipinski definition) is 1. The number of carboxylic acid groups (broad SMARTS) is 1. The molecule has 1 aliphatic heterocycles. The molecule has 0 bridgehead atoms. The van der Waals surface area contributed by atoms with Crippen molar-refractivity contribution in [2.45, 2.75) is 28.6 Å². The summed E-state index contributed by atoms with van der Waals surface area (Å²) < 4.78 is 25.4. The monoisotopic (exact) mass is 449 g/mol. The molecule has 0 radical (unpaired) electrons. The smallest absolute Gasteiger partial charge is 0.325 e. The number of nitrogens with zero attached hydrogens (tertiary/aromatic N) is 1. The van der Waals surface area contributed by atoms with E-state index in [2.05, 4.69) is 21.1 Å². The second kappa shape index (κ2) is 6.45. The highest BCUT2D eigenvalue weighted by Crippen LogP contribution is 2.48. The highest BCUT2D eigenvalue weighted by molar-refractivity contribution is 9.10. The number of rotatable bonds is 4. The van der Waals surface area contributed by atoms with E-state index in [0.29, 0.717) is 5.71 Å². The van der Waals surface area contributed by atoms with Crippen LogP contribution >= 0.6 is 15.9 Å². The maximum atomic E-state index is 13.2. The summed E-state index contributed by atoms with van der Waals surface area (Å²) in [5, 5.41) is 14.1. The summed E-state index contributed by atoms with van der Waals surface area (Å²) in [5.41, 5.74) is 1.38. The fraction of sp³-hybridized carbons (Fsp3) is 0.263. The number of hydrogen-bond acceptors (Lipinski definition) is 5. The topological polar surface area (TPSA) is 93.0 Å². The number of fused-ring (bicyclic) bond motifs is 1. The summed E-state index contributed by atoms with van der Waals surface area (Å²) in [6.45, 7) is 0. The molecule has 0 saturated heterocycles. The van der Waals surface area contributed by atoms with E-state index in [1.165, 1.54) is 12.1 Å². The maximum absolute atomic E-state index is 13.2. The minimum atomic E-state index is -4.10. The van der Waals surface area contributed by atoms with Crippen LogP contribution in [0, 0.1) is 5.92 Å². The second-order valence-electron chi connectivity index (χ2n) is 6.76. The molecule has 1 N–H and O–H groups in total. The molecule has 4 rings (SSSR count). The number of aliphatic carboxylic acids is 1. The quantitative estimate of drug-likeness (QED) is 0.772. The van der Waals surface area contributed by atoms with Crippen LogP contribution in [-0.2, 0) is 19.5 Å². The van der Waals surface area contributed by atoms with Crippen molar-refractivity contribution in [3.63, 3.8) is 0 Å². The number of halogens is 1. The van der Waals surface area contributed by atoms with Gasteiger partial charge in [-0.05, 0) is 30.7 Å². The molecule has 1 heterocycles. The summed E-state index contributed by atoms with van der Waals surface area (Å²) >= 11 is 3.40. The molecule has 2 aromatic carbocycles. The zero-order valence-corrected chi connectivity index (χ0v) is 16.5. The van der Waals surface area contributed by atoms with Gasteiger partial charge >= 0.3 is 5.97 Å². The molecule has 140 valence electrons. The third-order valence-corrected chi connectivity index (χ3v) is 8.17. The Kier molecular flexibility index (Phi) is 4.35. The zero-order valence-electron chi connectivity index (χ0n) is 14.1. The SMILES string of the molecule is O=C(O)[C@]1(S(=O)(=O)c2ccccc2)C[C@@H]2ON=C(c3cccc(Br)c3)[C@@H]2C1. The lowest BCUT2D eigenvalue weighted by molar-refractivity contribution is -0.140. The Labute approximate surface area is 164 Å². The molecular formula is C19H16BrNO5S. The molecule has 2 aromatic rings. The number of carbonyl (C=O) groups is 1. The first-order valence-corrected chi connectivity index (χ1v) is 10.7. The molecule has 2 aliphatic rings. The molecule has 0 amide bonds. The van der Waals surface area contributed by atoms with Crippen LogP contribution in [0.2, 0.25) is 0 Å². The average Bonchev–Trinajstić information content (AvgIpc) is 3.21. The van der Waals surface area contributed by atoms with Crippen molar-refractivity contribution in [3.05, 3.63) is 64.6 Å². The van der Waals surface area contributed by atoms with Crippen LogP contribution in [0.3, 0.4) is 0 Å². The number of oxime groups is 1. The van der Waals surface area contributed by atoms with Gasteiger partial charge in [0.15, 0.2) is 14.6 Å². The minimum Gasteiger partial charge on any atom is -0.480 e. The van der Waals surface area contributed by atoms with Gasteiger partial charge in [0.2, 0.25) is 0 Å². The normalized spacial score (nSPS) is 26.9. The van der Waals surface area contributed by atoms with Gasteiger partial charge in [-0.25, -0.2) is 8.42 Å². The first-order valence-electron chi connectivity index (χ1n) is 8.38. The molecule has 0 aromatic heterocycles. The van der Waals surface area contributed by atoms with Gasteiger partial charge in [0.1, 0.15) is 6.10 Å². The minimum absolute atomic E-state index is 0.00770. The van der Waals surface area contributed by atoms with Crippen molar-refractivity contribution in [3.8, 4) is 0 Å². The predicted octanol–water partition coefficient (Wildman–Crippen LogP) is 3.26. The third kappa shape index (κ3) is 2.78. The lowest BCUT2D eigenvalue weighted by atomic mass is 9.93. The summed E-state index contributed by atoms with van der Waals surface area (Å²) in [7, 11) is -4.10. The van der Waals surface area contributed by atoms with Crippen molar-refractivity contribution < 1.29 is 23.2 Å². The fourth-order valence-electron chi connectivity index (χ4n) is 3.86. The zero-order chi connectivity index (χ0) is 19.2. The Morgan fingerprint density at radius 1 is 1.15 bits per heavy atom. The van der Waals surface area contributed by atoms with Gasteiger partial charge in [0.25, 0.3) is 0 Å². The number of sulfone groups is 1. The molecule has 27 heavy (non-hydrogen) atoms. The van der Waals surface area contributed by atoms with Crippen LogP contribution in [0.1, 0.15) is 18.4 Å². The van der Waals surface area contributed by atoms with Crippen LogP contribution in [0.4, 0.5) is 0 Å². The highest BCUT2D eigenvalue weighted by atomic mass is 79.9. The van der Waals surface area contributed by atoms with Crippen molar-refractivity contribution in [2.75, 3.05) is 0 Å². The van der Waals surface area contributed by atoms with Gasteiger partial charge in [-0.3, -0.25) is 4.79 Å². The Morgan fingerprint density at radius 3 is 2.56 bits per heavy atom. The molecule has 6 nitrogen and oxygen atoms in total. The average molecular weight is 450 g/mol. The van der Waals surface area contributed by atoms with E-state index < -0.39 is 32.6 Å².